The molecular formula is C14H26N2Y-2. The van der Waals surface area contributed by atoms with E-state index in [2.05, 4.69) is 23.6 Å². The van der Waals surface area contributed by atoms with Gasteiger partial charge < -0.3 is 19.3 Å². The van der Waals surface area contributed by atoms with Gasteiger partial charge in [0.25, 0.3) is 0 Å². The van der Waals surface area contributed by atoms with Gasteiger partial charge in [0.15, 0.2) is 0 Å². The molecule has 3 fully saturated rings. The van der Waals surface area contributed by atoms with Crippen molar-refractivity contribution in [3.05, 3.63) is 14.4 Å². The van der Waals surface area contributed by atoms with Gasteiger partial charge in [0.2, 0.25) is 0 Å². The van der Waals surface area contributed by atoms with Crippen molar-refractivity contribution in [1.29, 1.82) is 0 Å². The van der Waals surface area contributed by atoms with Crippen LogP contribution >= 0.6 is 0 Å². The molecule has 1 radical (unpaired) electrons. The molecule has 0 N–H and O–H groups in total. The minimum Gasteiger partial charge on any atom is -0.358 e. The maximum atomic E-state index is 4.20. The van der Waals surface area contributed by atoms with E-state index in [0.717, 1.165) is 23.8 Å². The van der Waals surface area contributed by atoms with E-state index in [1.807, 2.05) is 0 Å². The van der Waals surface area contributed by atoms with E-state index in [4.69, 9.17) is 0 Å². The molecule has 2 saturated heterocycles. The summed E-state index contributed by atoms with van der Waals surface area (Å²) in [6, 6.07) is 0.896. The quantitative estimate of drug-likeness (QED) is 0.719. The number of hydrogen-bond donors (Lipinski definition) is 0. The van der Waals surface area contributed by atoms with Gasteiger partial charge in [-0.1, -0.05) is 18.8 Å². The Kier molecular flexibility index (Phi) is 6.10. The van der Waals surface area contributed by atoms with Crippen LogP contribution in [0.1, 0.15) is 19.8 Å². The largest absolute Gasteiger partial charge is 0.358 e. The van der Waals surface area contributed by atoms with Crippen LogP contribution in [0.4, 0.5) is 0 Å². The molecular weight excluding hydrogens is 285 g/mol. The van der Waals surface area contributed by atoms with E-state index in [1.165, 1.54) is 45.6 Å². The van der Waals surface area contributed by atoms with E-state index in [-0.39, 0.29) is 40.1 Å². The third-order valence-corrected chi connectivity index (χ3v) is 4.92. The molecule has 0 amide bonds. The van der Waals surface area contributed by atoms with E-state index in [9.17, 15) is 0 Å². The number of fused-ring (bicyclic) bond motifs is 1. The Morgan fingerprint density at radius 3 is 2.12 bits per heavy atom. The van der Waals surface area contributed by atoms with Gasteiger partial charge in [-0.3, -0.25) is 4.90 Å². The Labute approximate surface area is 132 Å². The summed E-state index contributed by atoms with van der Waals surface area (Å²) in [5, 5.41) is 0. The van der Waals surface area contributed by atoms with E-state index < -0.39 is 0 Å². The smallest absolute Gasteiger partial charge is 0.0120 e. The van der Waals surface area contributed by atoms with Gasteiger partial charge in [0.1, 0.15) is 0 Å². The summed E-state index contributed by atoms with van der Waals surface area (Å²) in [6.45, 7) is 13.1. The number of rotatable bonds is 2. The first-order valence-corrected chi connectivity index (χ1v) is 6.59. The molecule has 0 aromatic rings. The maximum absolute atomic E-state index is 4.20. The molecule has 3 rings (SSSR count). The van der Waals surface area contributed by atoms with Crippen molar-refractivity contribution in [2.75, 3.05) is 32.7 Å². The molecule has 0 aromatic carbocycles. The van der Waals surface area contributed by atoms with Gasteiger partial charge in [-0.25, -0.2) is 0 Å². The van der Waals surface area contributed by atoms with Crippen LogP contribution in [0.5, 0.6) is 0 Å². The van der Waals surface area contributed by atoms with Gasteiger partial charge in [0.05, 0.1) is 0 Å². The molecule has 2 aliphatic heterocycles. The van der Waals surface area contributed by atoms with Crippen LogP contribution in [0.3, 0.4) is 0 Å². The van der Waals surface area contributed by atoms with Crippen LogP contribution in [-0.2, 0) is 32.7 Å². The molecule has 0 spiro atoms. The molecule has 1 aliphatic carbocycles. The standard InChI is InChI=1S/C13H23N2.CH3.Y/c1-3-14-6-4-11(5-7-14)15-8-12-10(2)13(12)9-15;;/h10-13H,2-9H2,1H3;1H3;/q2*-1;/t10?,12-,13+;;. The first kappa shape index (κ1) is 16.1. The molecule has 2 nitrogen and oxygen atoms in total. The second-order valence-electron chi connectivity index (χ2n) is 5.61. The second kappa shape index (κ2) is 6.45. The molecule has 0 aromatic heterocycles. The summed E-state index contributed by atoms with van der Waals surface area (Å²) in [4.78, 5) is 5.33. The Morgan fingerprint density at radius 1 is 1.12 bits per heavy atom. The Balaban J connectivity index is 0.000000722. The zero-order valence-electron chi connectivity index (χ0n) is 11.4. The van der Waals surface area contributed by atoms with Crippen molar-refractivity contribution in [3.63, 3.8) is 0 Å². The fraction of sp³-hybridized carbons (Fsp3) is 0.857. The predicted molar refractivity (Wildman–Crippen MR) is 69.0 cm³/mol. The van der Waals surface area contributed by atoms with Crippen LogP contribution in [0.25, 0.3) is 0 Å². The van der Waals surface area contributed by atoms with Crippen molar-refractivity contribution in [2.45, 2.75) is 25.8 Å². The SMILES string of the molecule is [CH2-]C1[C@H]2CN(C3CCN(CC)CC3)C[C@@H]12.[CH3-].[Y]. The molecule has 1 unspecified atom stereocenters. The normalized spacial score (nSPS) is 38.1. The third-order valence-electron chi connectivity index (χ3n) is 4.92. The summed E-state index contributed by atoms with van der Waals surface area (Å²) in [5.41, 5.74) is 0. The van der Waals surface area contributed by atoms with E-state index >= 15 is 0 Å². The van der Waals surface area contributed by atoms with Crippen molar-refractivity contribution in [1.82, 2.24) is 9.80 Å². The summed E-state index contributed by atoms with van der Waals surface area (Å²) >= 11 is 0. The predicted octanol–water partition coefficient (Wildman–Crippen LogP) is 1.93. The topological polar surface area (TPSA) is 6.48 Å². The first-order valence-electron chi connectivity index (χ1n) is 6.59. The second-order valence-corrected chi connectivity index (χ2v) is 5.61. The van der Waals surface area contributed by atoms with Crippen molar-refractivity contribution in [3.8, 4) is 0 Å². The summed E-state index contributed by atoms with van der Waals surface area (Å²) in [6.07, 6.45) is 2.80. The number of hydrogen-bond acceptors (Lipinski definition) is 2. The maximum Gasteiger partial charge on any atom is 0.0120 e. The number of piperidine rings is 2. The van der Waals surface area contributed by atoms with E-state index in [1.54, 1.807) is 0 Å². The zero-order chi connectivity index (χ0) is 10.4. The zero-order valence-corrected chi connectivity index (χ0v) is 14.3. The average molecular weight is 311 g/mol. The van der Waals surface area contributed by atoms with Gasteiger partial charge in [-0.2, -0.15) is 5.92 Å². The van der Waals surface area contributed by atoms with Crippen LogP contribution < -0.4 is 0 Å². The summed E-state index contributed by atoms with van der Waals surface area (Å²) in [5.74, 6) is 2.74. The summed E-state index contributed by atoms with van der Waals surface area (Å²) in [7, 11) is 0. The van der Waals surface area contributed by atoms with Gasteiger partial charge in [0, 0.05) is 38.8 Å². The van der Waals surface area contributed by atoms with Crippen LogP contribution in [0.15, 0.2) is 0 Å². The van der Waals surface area contributed by atoms with Crippen molar-refractivity contribution < 1.29 is 32.7 Å². The van der Waals surface area contributed by atoms with Crippen LogP contribution in [-0.4, -0.2) is 48.6 Å². The van der Waals surface area contributed by atoms with Crippen LogP contribution in [0, 0.1) is 32.1 Å². The van der Waals surface area contributed by atoms with Gasteiger partial charge in [-0.15, -0.1) is 0 Å². The average Bonchev–Trinajstić information content (AvgIpc) is 2.74. The van der Waals surface area contributed by atoms with Crippen molar-refractivity contribution >= 4 is 0 Å². The Bertz CT molecular complexity index is 226. The number of likely N-dealkylation sites (tertiary alicyclic amines) is 2. The molecule has 1 saturated carbocycles. The molecule has 17 heavy (non-hydrogen) atoms. The number of nitrogens with zero attached hydrogens (tertiary/aromatic N) is 2. The molecule has 97 valence electrons. The fourth-order valence-corrected chi connectivity index (χ4v) is 3.58. The Morgan fingerprint density at radius 2 is 1.65 bits per heavy atom. The van der Waals surface area contributed by atoms with Crippen LogP contribution in [0.2, 0.25) is 0 Å². The molecule has 2 heterocycles. The molecule has 0 bridgehead atoms. The van der Waals surface area contributed by atoms with Gasteiger partial charge in [-0.05, 0) is 45.6 Å². The monoisotopic (exact) mass is 311 g/mol. The minimum atomic E-state index is 0. The first-order chi connectivity index (χ1) is 7.29. The van der Waals surface area contributed by atoms with Crippen molar-refractivity contribution in [2.24, 2.45) is 17.8 Å². The fourth-order valence-electron chi connectivity index (χ4n) is 3.58. The van der Waals surface area contributed by atoms with Gasteiger partial charge >= 0.3 is 0 Å². The third kappa shape index (κ3) is 3.13. The molecule has 3 aliphatic rings. The molecule has 3 atom stereocenters. The minimum absolute atomic E-state index is 0. The summed E-state index contributed by atoms with van der Waals surface area (Å²) < 4.78 is 0. The molecule has 3 heteroatoms. The van der Waals surface area contributed by atoms with E-state index in [0.29, 0.717) is 0 Å². The Hall–Kier alpha value is 1.02.